The van der Waals surface area contributed by atoms with Crippen LogP contribution in [0.15, 0.2) is 33.8 Å². The van der Waals surface area contributed by atoms with E-state index in [0.29, 0.717) is 17.0 Å². The molecule has 0 bridgehead atoms. The number of aromatic nitrogens is 1. The summed E-state index contributed by atoms with van der Waals surface area (Å²) in [4.78, 5) is 23.3. The Labute approximate surface area is 111 Å². The molecule has 0 atom stereocenters. The fraction of sp³-hybridized carbons (Fsp3) is 0.0833. The number of aromatic carboxylic acids is 1. The highest BCUT2D eigenvalue weighted by atomic mass is 32.2. The lowest BCUT2D eigenvalue weighted by Gasteiger charge is -2.16. The topological polar surface area (TPSA) is 92.4 Å². The summed E-state index contributed by atoms with van der Waals surface area (Å²) in [6.07, 6.45) is 1.16. The Morgan fingerprint density at radius 1 is 1.47 bits per heavy atom. The van der Waals surface area contributed by atoms with Gasteiger partial charge in [0.15, 0.2) is 5.76 Å². The smallest absolute Gasteiger partial charge is 0.341 e. The number of anilines is 1. The molecule has 2 aromatic rings. The lowest BCUT2D eigenvalue weighted by atomic mass is 10.1. The third-order valence-corrected chi connectivity index (χ3v) is 3.75. The van der Waals surface area contributed by atoms with Crippen molar-refractivity contribution in [2.24, 2.45) is 0 Å². The molecule has 2 heterocycles. The van der Waals surface area contributed by atoms with Gasteiger partial charge >= 0.3 is 5.97 Å². The number of thioether (sulfide) groups is 1. The summed E-state index contributed by atoms with van der Waals surface area (Å²) < 4.78 is 4.98. The number of hydrogen-bond acceptors (Lipinski definition) is 5. The fourth-order valence-corrected chi connectivity index (χ4v) is 2.61. The third kappa shape index (κ3) is 2.08. The monoisotopic (exact) mass is 276 g/mol. The first-order valence-electron chi connectivity index (χ1n) is 5.40. The molecule has 1 aromatic heterocycles. The number of hydrogen-bond donors (Lipinski definition) is 2. The highest BCUT2D eigenvalue weighted by molar-refractivity contribution is 8.00. The van der Waals surface area contributed by atoms with E-state index >= 15 is 0 Å². The van der Waals surface area contributed by atoms with E-state index in [9.17, 15) is 9.59 Å². The Hall–Kier alpha value is -2.28. The first-order valence-corrected chi connectivity index (χ1v) is 6.39. The van der Waals surface area contributed by atoms with Gasteiger partial charge in [0, 0.05) is 10.5 Å². The highest BCUT2D eigenvalue weighted by Crippen LogP contribution is 2.35. The SMILES string of the molecule is O=C1CSc2ccc(-c3oncc3C(=O)O)cc2N1. The van der Waals surface area contributed by atoms with Crippen LogP contribution in [0, 0.1) is 0 Å². The molecule has 1 amide bonds. The van der Waals surface area contributed by atoms with Crippen molar-refractivity contribution >= 4 is 29.3 Å². The molecule has 0 saturated heterocycles. The number of nitrogens with one attached hydrogen (secondary N) is 1. The van der Waals surface area contributed by atoms with Crippen LogP contribution in [-0.2, 0) is 4.79 Å². The molecule has 3 rings (SSSR count). The van der Waals surface area contributed by atoms with Gasteiger partial charge in [-0.3, -0.25) is 4.79 Å². The Balaban J connectivity index is 2.07. The predicted octanol–water partition coefficient (Wildman–Crippen LogP) is 2.08. The van der Waals surface area contributed by atoms with Gasteiger partial charge in [0.2, 0.25) is 5.91 Å². The minimum atomic E-state index is -1.10. The largest absolute Gasteiger partial charge is 0.477 e. The summed E-state index contributed by atoms with van der Waals surface area (Å²) in [6.45, 7) is 0. The molecular formula is C12H8N2O4S. The fourth-order valence-electron chi connectivity index (χ4n) is 1.82. The normalized spacial score (nSPS) is 13.8. The second kappa shape index (κ2) is 4.43. The Kier molecular flexibility index (Phi) is 2.75. The van der Waals surface area contributed by atoms with Crippen LogP contribution in [0.25, 0.3) is 11.3 Å². The van der Waals surface area contributed by atoms with E-state index in [4.69, 9.17) is 9.63 Å². The molecule has 0 spiro atoms. The molecule has 0 radical (unpaired) electrons. The Morgan fingerprint density at radius 2 is 2.32 bits per heavy atom. The number of carbonyl (C=O) groups excluding carboxylic acids is 1. The van der Waals surface area contributed by atoms with Gasteiger partial charge in [-0.05, 0) is 18.2 Å². The highest BCUT2D eigenvalue weighted by Gasteiger charge is 2.20. The summed E-state index contributed by atoms with van der Waals surface area (Å²) >= 11 is 1.44. The van der Waals surface area contributed by atoms with Gasteiger partial charge in [0.1, 0.15) is 5.56 Å². The van der Waals surface area contributed by atoms with E-state index in [1.165, 1.54) is 11.8 Å². The minimum Gasteiger partial charge on any atom is -0.477 e. The third-order valence-electron chi connectivity index (χ3n) is 2.68. The molecule has 1 aliphatic rings. The lowest BCUT2D eigenvalue weighted by molar-refractivity contribution is -0.113. The molecular weight excluding hydrogens is 268 g/mol. The second-order valence-electron chi connectivity index (χ2n) is 3.92. The standard InChI is InChI=1S/C12H8N2O4S/c15-10-5-19-9-2-1-6(3-8(9)14-10)11-7(12(16)17)4-13-18-11/h1-4H,5H2,(H,14,15)(H,16,17). The van der Waals surface area contributed by atoms with Crippen LogP contribution < -0.4 is 5.32 Å². The van der Waals surface area contributed by atoms with Crippen LogP contribution in [0.2, 0.25) is 0 Å². The summed E-state index contributed by atoms with van der Waals surface area (Å²) in [6, 6.07) is 5.26. The van der Waals surface area contributed by atoms with Gasteiger partial charge < -0.3 is 14.9 Å². The second-order valence-corrected chi connectivity index (χ2v) is 4.94. The van der Waals surface area contributed by atoms with Crippen molar-refractivity contribution < 1.29 is 19.2 Å². The number of rotatable bonds is 2. The van der Waals surface area contributed by atoms with E-state index in [1.54, 1.807) is 12.1 Å². The van der Waals surface area contributed by atoms with E-state index in [0.717, 1.165) is 11.1 Å². The van der Waals surface area contributed by atoms with E-state index in [2.05, 4.69) is 10.5 Å². The number of nitrogens with zero attached hydrogens (tertiary/aromatic N) is 1. The van der Waals surface area contributed by atoms with Crippen molar-refractivity contribution in [2.45, 2.75) is 4.90 Å². The van der Waals surface area contributed by atoms with Gasteiger partial charge in [-0.15, -0.1) is 11.8 Å². The molecule has 0 aliphatic carbocycles. The molecule has 0 saturated carbocycles. The van der Waals surface area contributed by atoms with Crippen LogP contribution in [0.3, 0.4) is 0 Å². The molecule has 2 N–H and O–H groups in total. The zero-order valence-electron chi connectivity index (χ0n) is 9.54. The average molecular weight is 276 g/mol. The molecule has 0 fully saturated rings. The van der Waals surface area contributed by atoms with Crippen LogP contribution >= 0.6 is 11.8 Å². The molecule has 7 heteroatoms. The molecule has 96 valence electrons. The average Bonchev–Trinajstić information content (AvgIpc) is 2.87. The number of fused-ring (bicyclic) bond motifs is 1. The van der Waals surface area contributed by atoms with E-state index in [-0.39, 0.29) is 17.2 Å². The summed E-state index contributed by atoms with van der Waals surface area (Å²) in [5.41, 5.74) is 1.22. The minimum absolute atomic E-state index is 0.00487. The number of benzene rings is 1. The predicted molar refractivity (Wildman–Crippen MR) is 68.3 cm³/mol. The van der Waals surface area contributed by atoms with Crippen LogP contribution in [0.4, 0.5) is 5.69 Å². The van der Waals surface area contributed by atoms with Crippen LogP contribution in [0.1, 0.15) is 10.4 Å². The first-order chi connectivity index (χ1) is 9.15. The van der Waals surface area contributed by atoms with Gasteiger partial charge in [-0.1, -0.05) is 5.16 Å². The molecule has 0 unspecified atom stereocenters. The van der Waals surface area contributed by atoms with Crippen LogP contribution in [-0.4, -0.2) is 27.9 Å². The Bertz CT molecular complexity index is 680. The zero-order valence-corrected chi connectivity index (χ0v) is 10.4. The van der Waals surface area contributed by atoms with Gasteiger partial charge in [-0.2, -0.15) is 0 Å². The maximum absolute atomic E-state index is 11.3. The molecule has 1 aromatic carbocycles. The molecule has 19 heavy (non-hydrogen) atoms. The quantitative estimate of drug-likeness (QED) is 0.872. The zero-order chi connectivity index (χ0) is 13.4. The van der Waals surface area contributed by atoms with Crippen molar-refractivity contribution in [3.05, 3.63) is 30.0 Å². The lowest BCUT2D eigenvalue weighted by Crippen LogP contribution is -2.18. The number of carboxylic acid groups (broad SMARTS) is 1. The van der Waals surface area contributed by atoms with Crippen molar-refractivity contribution in [3.8, 4) is 11.3 Å². The maximum atomic E-state index is 11.3. The summed E-state index contributed by atoms with van der Waals surface area (Å²) in [7, 11) is 0. The van der Waals surface area contributed by atoms with Crippen molar-refractivity contribution in [1.29, 1.82) is 0 Å². The van der Waals surface area contributed by atoms with E-state index < -0.39 is 5.97 Å². The Morgan fingerprint density at radius 3 is 3.11 bits per heavy atom. The number of amides is 1. The van der Waals surface area contributed by atoms with Gasteiger partial charge in [0.05, 0.1) is 17.6 Å². The first kappa shape index (κ1) is 11.8. The van der Waals surface area contributed by atoms with Gasteiger partial charge in [-0.25, -0.2) is 4.79 Å². The van der Waals surface area contributed by atoms with Crippen molar-refractivity contribution in [2.75, 3.05) is 11.1 Å². The summed E-state index contributed by atoms with van der Waals surface area (Å²) in [5.74, 6) is -0.618. The number of carbonyl (C=O) groups is 2. The van der Waals surface area contributed by atoms with Crippen LogP contribution in [0.5, 0.6) is 0 Å². The summed E-state index contributed by atoms with van der Waals surface area (Å²) in [5, 5.41) is 15.3. The number of carboxylic acids is 1. The van der Waals surface area contributed by atoms with Crippen molar-refractivity contribution in [3.63, 3.8) is 0 Å². The molecule has 1 aliphatic heterocycles. The van der Waals surface area contributed by atoms with Gasteiger partial charge in [0.25, 0.3) is 0 Å². The molecule has 6 nitrogen and oxygen atoms in total. The van der Waals surface area contributed by atoms with E-state index in [1.807, 2.05) is 6.07 Å². The maximum Gasteiger partial charge on any atom is 0.341 e. The van der Waals surface area contributed by atoms with Crippen molar-refractivity contribution in [1.82, 2.24) is 5.16 Å².